The lowest BCUT2D eigenvalue weighted by atomic mass is 9.96. The van der Waals surface area contributed by atoms with Gasteiger partial charge in [0, 0.05) is 29.7 Å². The normalized spacial score (nSPS) is 12.3. The predicted octanol–water partition coefficient (Wildman–Crippen LogP) is 2.53. The number of hydrogen-bond acceptors (Lipinski definition) is 3. The smallest absolute Gasteiger partial charge is 0.224 e. The zero-order chi connectivity index (χ0) is 15.2. The molecule has 0 saturated carbocycles. The lowest BCUT2D eigenvalue weighted by molar-refractivity contribution is -0.124. The number of carbonyl (C=O) groups excluding carboxylic acids is 1. The van der Waals surface area contributed by atoms with Crippen LogP contribution in [0.3, 0.4) is 0 Å². The third kappa shape index (κ3) is 3.71. The maximum Gasteiger partial charge on any atom is 0.224 e. The average Bonchev–Trinajstić information content (AvgIpc) is 2.52. The molecule has 0 saturated heterocycles. The third-order valence-electron chi connectivity index (χ3n) is 3.47. The molecule has 0 aliphatic rings. The summed E-state index contributed by atoms with van der Waals surface area (Å²) in [5, 5.41) is 4.47. The van der Waals surface area contributed by atoms with Gasteiger partial charge in [0.2, 0.25) is 5.91 Å². The maximum atomic E-state index is 12.1. The zero-order valence-electron chi connectivity index (χ0n) is 12.1. The van der Waals surface area contributed by atoms with Gasteiger partial charge in [0.1, 0.15) is 0 Å². The molecule has 0 aliphatic carbocycles. The average molecular weight is 306 g/mol. The highest BCUT2D eigenvalue weighted by Crippen LogP contribution is 2.26. The van der Waals surface area contributed by atoms with Crippen LogP contribution in [-0.2, 0) is 11.2 Å². The number of nitrogens with two attached hydrogens (primary N) is 1. The first-order valence-corrected chi connectivity index (χ1v) is 7.55. The number of amides is 1. The highest BCUT2D eigenvalue weighted by molar-refractivity contribution is 6.35. The fourth-order valence-corrected chi connectivity index (χ4v) is 2.52. The summed E-state index contributed by atoms with van der Waals surface area (Å²) >= 11 is 6.19. The summed E-state index contributed by atoms with van der Waals surface area (Å²) in [5.74, 6) is -0.249. The Morgan fingerprint density at radius 2 is 2.24 bits per heavy atom. The van der Waals surface area contributed by atoms with E-state index in [2.05, 4.69) is 10.3 Å². The summed E-state index contributed by atoms with van der Waals surface area (Å²) in [5.41, 5.74) is 7.60. The van der Waals surface area contributed by atoms with Crippen LogP contribution in [0.5, 0.6) is 0 Å². The number of nitrogens with one attached hydrogen (secondary N) is 1. The van der Waals surface area contributed by atoms with E-state index in [1.807, 2.05) is 31.2 Å². The fraction of sp³-hybridized carbons (Fsp3) is 0.375. The minimum atomic E-state index is -0.247. The molecule has 1 atom stereocenters. The Morgan fingerprint density at radius 3 is 2.95 bits per heavy atom. The van der Waals surface area contributed by atoms with Crippen molar-refractivity contribution in [2.24, 2.45) is 11.7 Å². The molecule has 2 rings (SSSR count). The number of aromatic nitrogens is 1. The second-order valence-electron chi connectivity index (χ2n) is 5.03. The van der Waals surface area contributed by atoms with Crippen LogP contribution in [0.4, 0.5) is 0 Å². The van der Waals surface area contributed by atoms with Gasteiger partial charge in [-0.1, -0.05) is 24.6 Å². The van der Waals surface area contributed by atoms with Gasteiger partial charge >= 0.3 is 0 Å². The second-order valence-corrected chi connectivity index (χ2v) is 5.44. The number of halogens is 1. The molecule has 0 aliphatic heterocycles. The number of fused-ring (bicyclic) bond motifs is 1. The van der Waals surface area contributed by atoms with E-state index in [0.717, 1.165) is 22.9 Å². The van der Waals surface area contributed by atoms with Crippen molar-refractivity contribution < 1.29 is 4.79 Å². The first-order chi connectivity index (χ1) is 10.2. The first-order valence-electron chi connectivity index (χ1n) is 7.17. The number of pyridine rings is 1. The molecule has 4 nitrogen and oxygen atoms in total. The summed E-state index contributed by atoms with van der Waals surface area (Å²) < 4.78 is 0. The van der Waals surface area contributed by atoms with Crippen LogP contribution in [0.1, 0.15) is 18.9 Å². The van der Waals surface area contributed by atoms with Gasteiger partial charge < -0.3 is 11.1 Å². The van der Waals surface area contributed by atoms with E-state index in [1.165, 1.54) is 0 Å². The standard InChI is InChI=1S/C16H20ClN3O/c1-2-7-20-16(21)12(10-18)9-11-5-6-14(17)13-4-3-8-19-15(11)13/h3-6,8,12H,2,7,9-10,18H2,1H3,(H,20,21). The molecule has 5 heteroatoms. The number of rotatable bonds is 6. The van der Waals surface area contributed by atoms with Gasteiger partial charge in [-0.15, -0.1) is 0 Å². The van der Waals surface area contributed by atoms with Crippen LogP contribution >= 0.6 is 11.6 Å². The van der Waals surface area contributed by atoms with E-state index >= 15 is 0 Å². The van der Waals surface area contributed by atoms with Gasteiger partial charge in [-0.25, -0.2) is 0 Å². The Bertz CT molecular complexity index is 630. The molecular weight excluding hydrogens is 286 g/mol. The van der Waals surface area contributed by atoms with Crippen molar-refractivity contribution >= 4 is 28.4 Å². The molecule has 112 valence electrons. The van der Waals surface area contributed by atoms with Crippen molar-refractivity contribution in [2.75, 3.05) is 13.1 Å². The molecule has 21 heavy (non-hydrogen) atoms. The van der Waals surface area contributed by atoms with Gasteiger partial charge in [0.05, 0.1) is 11.4 Å². The van der Waals surface area contributed by atoms with Crippen molar-refractivity contribution in [1.82, 2.24) is 10.3 Å². The summed E-state index contributed by atoms with van der Waals surface area (Å²) in [6.07, 6.45) is 3.21. The Morgan fingerprint density at radius 1 is 1.43 bits per heavy atom. The van der Waals surface area contributed by atoms with Gasteiger partial charge in [-0.2, -0.15) is 0 Å². The predicted molar refractivity (Wildman–Crippen MR) is 86.3 cm³/mol. The summed E-state index contributed by atoms with van der Waals surface area (Å²) in [6.45, 7) is 3.01. The monoisotopic (exact) mass is 305 g/mol. The second kappa shape index (κ2) is 7.38. The number of nitrogens with zero attached hydrogens (tertiary/aromatic N) is 1. The van der Waals surface area contributed by atoms with Gasteiger partial charge in [-0.05, 0) is 36.6 Å². The molecule has 0 fully saturated rings. The molecule has 1 heterocycles. The molecule has 3 N–H and O–H groups in total. The van der Waals surface area contributed by atoms with Crippen LogP contribution in [0.2, 0.25) is 5.02 Å². The molecule has 1 aromatic carbocycles. The minimum absolute atomic E-state index is 0.00150. The maximum absolute atomic E-state index is 12.1. The Labute approximate surface area is 129 Å². The SMILES string of the molecule is CCCNC(=O)C(CN)Cc1ccc(Cl)c2cccnc12. The lowest BCUT2D eigenvalue weighted by Crippen LogP contribution is -2.36. The largest absolute Gasteiger partial charge is 0.356 e. The fourth-order valence-electron chi connectivity index (χ4n) is 2.30. The van der Waals surface area contributed by atoms with Crippen LogP contribution in [0, 0.1) is 5.92 Å². The van der Waals surface area contributed by atoms with E-state index in [0.29, 0.717) is 24.5 Å². The van der Waals surface area contributed by atoms with E-state index in [-0.39, 0.29) is 11.8 Å². The molecule has 0 spiro atoms. The molecular formula is C16H20ClN3O. The molecule has 0 radical (unpaired) electrons. The molecule has 2 aromatic rings. The van der Waals surface area contributed by atoms with Crippen molar-refractivity contribution in [1.29, 1.82) is 0 Å². The van der Waals surface area contributed by atoms with E-state index in [4.69, 9.17) is 17.3 Å². The summed E-state index contributed by atoms with van der Waals surface area (Å²) in [7, 11) is 0. The number of carbonyl (C=O) groups is 1. The lowest BCUT2D eigenvalue weighted by Gasteiger charge is -2.16. The van der Waals surface area contributed by atoms with Crippen LogP contribution in [0.25, 0.3) is 10.9 Å². The summed E-state index contributed by atoms with van der Waals surface area (Å²) in [6, 6.07) is 7.56. The van der Waals surface area contributed by atoms with Crippen molar-refractivity contribution in [3.05, 3.63) is 41.0 Å². The van der Waals surface area contributed by atoms with Crippen molar-refractivity contribution in [3.63, 3.8) is 0 Å². The van der Waals surface area contributed by atoms with Crippen molar-refractivity contribution in [2.45, 2.75) is 19.8 Å². The van der Waals surface area contributed by atoms with E-state index < -0.39 is 0 Å². The van der Waals surface area contributed by atoms with Crippen LogP contribution < -0.4 is 11.1 Å². The van der Waals surface area contributed by atoms with E-state index in [1.54, 1.807) is 6.20 Å². The summed E-state index contributed by atoms with van der Waals surface area (Å²) in [4.78, 5) is 16.5. The van der Waals surface area contributed by atoms with Gasteiger partial charge in [0.25, 0.3) is 0 Å². The Kier molecular flexibility index (Phi) is 5.53. The first kappa shape index (κ1) is 15.7. The number of hydrogen-bond donors (Lipinski definition) is 2. The Balaban J connectivity index is 2.26. The zero-order valence-corrected chi connectivity index (χ0v) is 12.9. The molecule has 1 unspecified atom stereocenters. The van der Waals surface area contributed by atoms with Crippen molar-refractivity contribution in [3.8, 4) is 0 Å². The molecule has 1 aromatic heterocycles. The number of benzene rings is 1. The highest BCUT2D eigenvalue weighted by atomic mass is 35.5. The third-order valence-corrected chi connectivity index (χ3v) is 3.80. The van der Waals surface area contributed by atoms with Crippen LogP contribution in [0.15, 0.2) is 30.5 Å². The quantitative estimate of drug-likeness (QED) is 0.861. The topological polar surface area (TPSA) is 68.0 Å². The molecule has 0 bridgehead atoms. The van der Waals surface area contributed by atoms with E-state index in [9.17, 15) is 4.79 Å². The van der Waals surface area contributed by atoms with Gasteiger partial charge in [-0.3, -0.25) is 9.78 Å². The van der Waals surface area contributed by atoms with Gasteiger partial charge in [0.15, 0.2) is 0 Å². The Hall–Kier alpha value is -1.65. The van der Waals surface area contributed by atoms with Crippen LogP contribution in [-0.4, -0.2) is 24.0 Å². The minimum Gasteiger partial charge on any atom is -0.356 e. The molecule has 1 amide bonds. The highest BCUT2D eigenvalue weighted by Gasteiger charge is 2.18.